The van der Waals surface area contributed by atoms with Gasteiger partial charge < -0.3 is 9.13 Å². The third kappa shape index (κ3) is 6.72. The SMILES string of the molecule is c1ccc(-n2c3ccccc3c3cc(-c4ccc5c(c4)c4ccccc4n5-c4cc(-c5ccc6ccccc6c5)nc(-n5c6ccccc6c6cc(-c7ccc8c(c7)c7ccccc7n8-c7ccccc7)ccc65)n4)ccc32)cc1. The minimum atomic E-state index is 0.602. The summed E-state index contributed by atoms with van der Waals surface area (Å²) >= 11 is 0. The molecule has 80 heavy (non-hydrogen) atoms. The maximum absolute atomic E-state index is 5.66. The average Bonchev–Trinajstić information content (AvgIpc) is 4.45. The molecule has 0 saturated heterocycles. The lowest BCUT2D eigenvalue weighted by Gasteiger charge is -2.14. The molecule has 0 amide bonds. The molecule has 0 aliphatic carbocycles. The van der Waals surface area contributed by atoms with E-state index in [1.165, 1.54) is 54.6 Å². The third-order valence-corrected chi connectivity index (χ3v) is 16.6. The van der Waals surface area contributed by atoms with Gasteiger partial charge in [0.2, 0.25) is 5.95 Å². The molecule has 0 bridgehead atoms. The van der Waals surface area contributed by atoms with Crippen LogP contribution in [-0.2, 0) is 0 Å². The summed E-state index contributed by atoms with van der Waals surface area (Å²) in [5.74, 6) is 1.39. The number of rotatable bonds is 7. The fourth-order valence-corrected chi connectivity index (χ4v) is 12.9. The number of hydrogen-bond donors (Lipinski definition) is 0. The van der Waals surface area contributed by atoms with E-state index < -0.39 is 0 Å². The largest absolute Gasteiger partial charge is 0.309 e. The van der Waals surface area contributed by atoms with E-state index in [4.69, 9.17) is 9.97 Å². The molecule has 5 aromatic heterocycles. The summed E-state index contributed by atoms with van der Waals surface area (Å²) in [4.78, 5) is 11.2. The Morgan fingerprint density at radius 3 is 1.04 bits per heavy atom. The summed E-state index contributed by atoms with van der Waals surface area (Å²) < 4.78 is 9.34. The van der Waals surface area contributed by atoms with Crippen molar-refractivity contribution in [3.63, 3.8) is 0 Å². The topological polar surface area (TPSA) is 45.5 Å². The van der Waals surface area contributed by atoms with Crippen molar-refractivity contribution in [2.75, 3.05) is 0 Å². The zero-order valence-electron chi connectivity index (χ0n) is 43.2. The Kier molecular flexibility index (Phi) is 9.61. The third-order valence-electron chi connectivity index (χ3n) is 16.6. The molecule has 0 aliphatic heterocycles. The van der Waals surface area contributed by atoms with Crippen molar-refractivity contribution in [2.45, 2.75) is 0 Å². The van der Waals surface area contributed by atoms with Gasteiger partial charge in [0.15, 0.2) is 0 Å². The molecule has 12 aromatic carbocycles. The molecule has 0 saturated carbocycles. The van der Waals surface area contributed by atoms with Crippen molar-refractivity contribution in [3.8, 4) is 56.7 Å². The summed E-state index contributed by atoms with van der Waals surface area (Å²) in [6.07, 6.45) is 0. The predicted molar refractivity (Wildman–Crippen MR) is 333 cm³/mol. The lowest BCUT2D eigenvalue weighted by molar-refractivity contribution is 0.952. The van der Waals surface area contributed by atoms with Crippen molar-refractivity contribution >= 4 is 98.0 Å². The Morgan fingerprint density at radius 1 is 0.212 bits per heavy atom. The van der Waals surface area contributed by atoms with Crippen LogP contribution in [0.5, 0.6) is 0 Å². The maximum Gasteiger partial charge on any atom is 0.237 e. The van der Waals surface area contributed by atoms with Crippen LogP contribution >= 0.6 is 0 Å². The molecule has 0 aliphatic rings. The monoisotopic (exact) mass is 1020 g/mol. The number of hydrogen-bond acceptors (Lipinski definition) is 2. The second-order valence-electron chi connectivity index (χ2n) is 21.0. The van der Waals surface area contributed by atoms with Crippen LogP contribution in [0.15, 0.2) is 279 Å². The highest BCUT2D eigenvalue weighted by molar-refractivity contribution is 6.15. The quantitative estimate of drug-likeness (QED) is 0.160. The summed E-state index contributed by atoms with van der Waals surface area (Å²) in [5, 5.41) is 11.9. The predicted octanol–water partition coefficient (Wildman–Crippen LogP) is 19.0. The van der Waals surface area contributed by atoms with Gasteiger partial charge >= 0.3 is 0 Å². The van der Waals surface area contributed by atoms with Crippen LogP contribution in [-0.4, -0.2) is 28.2 Å². The molecular formula is C74H46N6. The fourth-order valence-electron chi connectivity index (χ4n) is 12.9. The van der Waals surface area contributed by atoms with Crippen LogP contribution < -0.4 is 0 Å². The Bertz CT molecular complexity index is 5070. The van der Waals surface area contributed by atoms with Gasteiger partial charge in [-0.05, 0) is 136 Å². The molecule has 372 valence electrons. The maximum atomic E-state index is 5.66. The first-order chi connectivity index (χ1) is 39.7. The van der Waals surface area contributed by atoms with E-state index in [0.717, 1.165) is 94.1 Å². The molecule has 0 N–H and O–H groups in total. The van der Waals surface area contributed by atoms with Gasteiger partial charge in [-0.3, -0.25) is 9.13 Å². The molecule has 5 heterocycles. The van der Waals surface area contributed by atoms with Crippen LogP contribution in [0.3, 0.4) is 0 Å². The van der Waals surface area contributed by atoms with Crippen molar-refractivity contribution in [1.82, 2.24) is 28.2 Å². The Hall–Kier alpha value is -10.8. The highest BCUT2D eigenvalue weighted by Crippen LogP contribution is 2.42. The van der Waals surface area contributed by atoms with Crippen molar-refractivity contribution in [3.05, 3.63) is 279 Å². The van der Waals surface area contributed by atoms with Gasteiger partial charge in [-0.25, -0.2) is 4.98 Å². The molecule has 17 rings (SSSR count). The number of fused-ring (bicyclic) bond motifs is 13. The highest BCUT2D eigenvalue weighted by Gasteiger charge is 2.22. The van der Waals surface area contributed by atoms with Crippen molar-refractivity contribution in [1.29, 1.82) is 0 Å². The van der Waals surface area contributed by atoms with E-state index in [1.807, 2.05) is 0 Å². The van der Waals surface area contributed by atoms with Crippen LogP contribution in [0.25, 0.3) is 155 Å². The van der Waals surface area contributed by atoms with E-state index in [9.17, 15) is 0 Å². The smallest absolute Gasteiger partial charge is 0.237 e. The number of nitrogens with zero attached hydrogens (tertiary/aromatic N) is 6. The van der Waals surface area contributed by atoms with Crippen LogP contribution in [0.2, 0.25) is 0 Å². The first kappa shape index (κ1) is 44.3. The van der Waals surface area contributed by atoms with E-state index in [0.29, 0.717) is 5.95 Å². The van der Waals surface area contributed by atoms with Crippen LogP contribution in [0, 0.1) is 0 Å². The summed E-state index contributed by atoms with van der Waals surface area (Å²) in [6, 6.07) is 101. The van der Waals surface area contributed by atoms with Crippen molar-refractivity contribution in [2.24, 2.45) is 0 Å². The normalized spacial score (nSPS) is 12.0. The molecule has 0 fully saturated rings. The standard InChI is InChI=1S/C74H46N6/c1-3-19-54(20-4-1)77-65-27-13-9-23-56(65)60-42-49(33-37-69(60)77)51-35-39-71-62(44-51)58-25-11-15-29-67(58)79(71)73-46-64(53-32-31-47-17-7-8-18-48(47)41-53)75-74(76-73)80-68-30-16-12-26-59(68)63-45-52(36-40-72(63)80)50-34-38-70-61(43-50)57-24-10-14-28-66(57)78(70)55-21-5-2-6-22-55/h1-46H. The summed E-state index contributed by atoms with van der Waals surface area (Å²) in [5.41, 5.74) is 17.8. The highest BCUT2D eigenvalue weighted by atomic mass is 15.2. The fraction of sp³-hybridized carbons (Fsp3) is 0. The lowest BCUT2D eigenvalue weighted by Crippen LogP contribution is -2.07. The second-order valence-corrected chi connectivity index (χ2v) is 21.0. The Labute approximate surface area is 459 Å². The van der Waals surface area contributed by atoms with Gasteiger partial charge in [0, 0.05) is 66.1 Å². The molecule has 0 spiro atoms. The van der Waals surface area contributed by atoms with Gasteiger partial charge in [-0.2, -0.15) is 4.98 Å². The Morgan fingerprint density at radius 2 is 0.562 bits per heavy atom. The van der Waals surface area contributed by atoms with Crippen LogP contribution in [0.4, 0.5) is 0 Å². The molecule has 0 radical (unpaired) electrons. The molecule has 6 nitrogen and oxygen atoms in total. The van der Waals surface area contributed by atoms with E-state index in [2.05, 4.69) is 297 Å². The molecule has 0 unspecified atom stereocenters. The van der Waals surface area contributed by atoms with Gasteiger partial charge in [0.1, 0.15) is 5.82 Å². The van der Waals surface area contributed by atoms with Crippen molar-refractivity contribution < 1.29 is 0 Å². The number of aromatic nitrogens is 6. The molecular weight excluding hydrogens is 973 g/mol. The summed E-state index contributed by atoms with van der Waals surface area (Å²) in [6.45, 7) is 0. The van der Waals surface area contributed by atoms with Gasteiger partial charge in [-0.15, -0.1) is 0 Å². The van der Waals surface area contributed by atoms with E-state index >= 15 is 0 Å². The van der Waals surface area contributed by atoms with E-state index in [-0.39, 0.29) is 0 Å². The average molecular weight is 1020 g/mol. The number of benzene rings is 12. The Balaban J connectivity index is 0.846. The molecule has 6 heteroatoms. The first-order valence-electron chi connectivity index (χ1n) is 27.3. The molecule has 0 atom stereocenters. The minimum Gasteiger partial charge on any atom is -0.309 e. The van der Waals surface area contributed by atoms with Gasteiger partial charge in [0.05, 0.1) is 49.8 Å². The summed E-state index contributed by atoms with van der Waals surface area (Å²) in [7, 11) is 0. The van der Waals surface area contributed by atoms with Gasteiger partial charge in [-0.1, -0.05) is 170 Å². The second kappa shape index (κ2) is 17.3. The zero-order valence-corrected chi connectivity index (χ0v) is 43.2. The number of para-hydroxylation sites is 6. The van der Waals surface area contributed by atoms with Gasteiger partial charge in [0.25, 0.3) is 0 Å². The van der Waals surface area contributed by atoms with Crippen LogP contribution in [0.1, 0.15) is 0 Å². The lowest BCUT2D eigenvalue weighted by atomic mass is 10.0. The molecule has 17 aromatic rings. The first-order valence-corrected chi connectivity index (χ1v) is 27.3. The minimum absolute atomic E-state index is 0.602. The van der Waals surface area contributed by atoms with E-state index in [1.54, 1.807) is 0 Å². The zero-order chi connectivity index (χ0) is 52.4.